The molecule has 3 N–H and O–H groups in total. The van der Waals surface area contributed by atoms with E-state index >= 15 is 0 Å². The van der Waals surface area contributed by atoms with Crippen LogP contribution in [0.5, 0.6) is 0 Å². The van der Waals surface area contributed by atoms with E-state index in [9.17, 15) is 9.59 Å². The molecule has 0 aliphatic rings. The van der Waals surface area contributed by atoms with Crippen LogP contribution in [0.25, 0.3) is 0 Å². The summed E-state index contributed by atoms with van der Waals surface area (Å²) in [5.41, 5.74) is 5.32. The minimum Gasteiger partial charge on any atom is -0.480 e. The molecule has 0 saturated carbocycles. The van der Waals surface area contributed by atoms with E-state index in [0.29, 0.717) is 0 Å². The average Bonchev–Trinajstić information content (AvgIpc) is 2.25. The highest BCUT2D eigenvalue weighted by atomic mass is 16.6. The molecule has 0 saturated heterocycles. The van der Waals surface area contributed by atoms with Gasteiger partial charge in [-0.1, -0.05) is 18.2 Å². The van der Waals surface area contributed by atoms with E-state index in [2.05, 4.69) is 0 Å². The number of benzene rings is 1. The Kier molecular flexibility index (Phi) is 4.08. The SMILES string of the molecule is CC(C)(C)OC(=O)c1ccccc1C(N)C(=O)O. The van der Waals surface area contributed by atoms with Crippen molar-refractivity contribution in [1.82, 2.24) is 0 Å². The van der Waals surface area contributed by atoms with Crippen LogP contribution >= 0.6 is 0 Å². The minimum absolute atomic E-state index is 0.183. The van der Waals surface area contributed by atoms with Crippen molar-refractivity contribution in [3.05, 3.63) is 35.4 Å². The van der Waals surface area contributed by atoms with Gasteiger partial charge in [0.1, 0.15) is 11.6 Å². The molecule has 0 aliphatic carbocycles. The number of aliphatic carboxylic acids is 1. The Hall–Kier alpha value is -1.88. The lowest BCUT2D eigenvalue weighted by atomic mass is 10.0. The quantitative estimate of drug-likeness (QED) is 0.798. The van der Waals surface area contributed by atoms with Crippen LogP contribution < -0.4 is 5.73 Å². The zero-order valence-corrected chi connectivity index (χ0v) is 10.6. The molecule has 1 aromatic carbocycles. The van der Waals surface area contributed by atoms with E-state index in [1.807, 2.05) is 0 Å². The number of ether oxygens (including phenoxy) is 1. The lowest BCUT2D eigenvalue weighted by Crippen LogP contribution is -2.27. The maximum atomic E-state index is 11.9. The van der Waals surface area contributed by atoms with E-state index in [1.54, 1.807) is 32.9 Å². The maximum Gasteiger partial charge on any atom is 0.339 e. The summed E-state index contributed by atoms with van der Waals surface area (Å²) >= 11 is 0. The van der Waals surface area contributed by atoms with Gasteiger partial charge in [-0.15, -0.1) is 0 Å². The third kappa shape index (κ3) is 3.56. The van der Waals surface area contributed by atoms with Gasteiger partial charge in [0.15, 0.2) is 0 Å². The first kappa shape index (κ1) is 14.2. The van der Waals surface area contributed by atoms with Crippen LogP contribution in [0, 0.1) is 0 Å². The first-order valence-electron chi connectivity index (χ1n) is 5.53. The fraction of sp³-hybridized carbons (Fsp3) is 0.385. The van der Waals surface area contributed by atoms with Gasteiger partial charge in [-0.25, -0.2) is 4.79 Å². The normalized spacial score (nSPS) is 12.9. The van der Waals surface area contributed by atoms with Crippen LogP contribution in [0.4, 0.5) is 0 Å². The zero-order valence-electron chi connectivity index (χ0n) is 10.6. The number of nitrogens with two attached hydrogens (primary N) is 1. The van der Waals surface area contributed by atoms with Gasteiger partial charge in [-0.3, -0.25) is 4.79 Å². The average molecular weight is 251 g/mol. The Morgan fingerprint density at radius 1 is 1.28 bits per heavy atom. The molecule has 0 aliphatic heterocycles. The Balaban J connectivity index is 3.10. The molecule has 0 fully saturated rings. The van der Waals surface area contributed by atoms with Crippen molar-refractivity contribution >= 4 is 11.9 Å². The Morgan fingerprint density at radius 2 is 1.83 bits per heavy atom. The molecule has 0 radical (unpaired) electrons. The van der Waals surface area contributed by atoms with Gasteiger partial charge in [-0.2, -0.15) is 0 Å². The van der Waals surface area contributed by atoms with Gasteiger partial charge in [0.05, 0.1) is 5.56 Å². The Bertz CT molecular complexity index is 462. The molecule has 98 valence electrons. The molecule has 18 heavy (non-hydrogen) atoms. The second kappa shape index (κ2) is 5.18. The molecule has 0 amide bonds. The summed E-state index contributed by atoms with van der Waals surface area (Å²) in [5.74, 6) is -1.76. The number of hydrogen-bond acceptors (Lipinski definition) is 4. The zero-order chi connectivity index (χ0) is 13.9. The highest BCUT2D eigenvalue weighted by Gasteiger charge is 2.24. The summed E-state index contributed by atoms with van der Waals surface area (Å²) in [7, 11) is 0. The molecule has 0 spiro atoms. The van der Waals surface area contributed by atoms with Gasteiger partial charge in [-0.05, 0) is 32.4 Å². The monoisotopic (exact) mass is 251 g/mol. The minimum atomic E-state index is -1.24. The number of hydrogen-bond donors (Lipinski definition) is 2. The van der Waals surface area contributed by atoms with Gasteiger partial charge >= 0.3 is 11.9 Å². The van der Waals surface area contributed by atoms with Gasteiger partial charge in [0, 0.05) is 0 Å². The summed E-state index contributed by atoms with van der Waals surface area (Å²) in [6.07, 6.45) is 0. The molecule has 0 bridgehead atoms. The lowest BCUT2D eigenvalue weighted by molar-refractivity contribution is -0.138. The molecule has 1 atom stereocenters. The summed E-state index contributed by atoms with van der Waals surface area (Å²) < 4.78 is 5.21. The Morgan fingerprint density at radius 3 is 2.33 bits per heavy atom. The fourth-order valence-electron chi connectivity index (χ4n) is 1.42. The molecule has 1 unspecified atom stereocenters. The molecule has 5 heteroatoms. The van der Waals surface area contributed by atoms with Crippen molar-refractivity contribution in [2.24, 2.45) is 5.73 Å². The first-order chi connectivity index (χ1) is 8.22. The predicted molar refractivity (Wildman–Crippen MR) is 66.2 cm³/mol. The predicted octanol–water partition coefficient (Wildman–Crippen LogP) is 1.73. The molecule has 5 nitrogen and oxygen atoms in total. The molecule has 1 aromatic rings. The van der Waals surface area contributed by atoms with Gasteiger partial charge in [0.25, 0.3) is 0 Å². The smallest absolute Gasteiger partial charge is 0.339 e. The molecular formula is C13H17NO4. The van der Waals surface area contributed by atoms with Crippen molar-refractivity contribution < 1.29 is 19.4 Å². The van der Waals surface area contributed by atoms with Crippen molar-refractivity contribution in [1.29, 1.82) is 0 Å². The third-order valence-corrected chi connectivity index (χ3v) is 2.18. The van der Waals surface area contributed by atoms with Crippen LogP contribution in [0.2, 0.25) is 0 Å². The lowest BCUT2D eigenvalue weighted by Gasteiger charge is -2.21. The van der Waals surface area contributed by atoms with Crippen LogP contribution in [0.3, 0.4) is 0 Å². The largest absolute Gasteiger partial charge is 0.480 e. The number of carbonyl (C=O) groups excluding carboxylic acids is 1. The van der Waals surface area contributed by atoms with E-state index in [-0.39, 0.29) is 11.1 Å². The number of carbonyl (C=O) groups is 2. The number of carboxylic acid groups (broad SMARTS) is 1. The Labute approximate surface area is 106 Å². The van der Waals surface area contributed by atoms with Crippen molar-refractivity contribution in [2.45, 2.75) is 32.4 Å². The summed E-state index contributed by atoms with van der Waals surface area (Å²) in [6.45, 7) is 5.22. The van der Waals surface area contributed by atoms with Crippen molar-refractivity contribution in [3.8, 4) is 0 Å². The topological polar surface area (TPSA) is 89.6 Å². The highest BCUT2D eigenvalue weighted by molar-refractivity contribution is 5.93. The van der Waals surface area contributed by atoms with Crippen LogP contribution in [0.1, 0.15) is 42.7 Å². The summed E-state index contributed by atoms with van der Waals surface area (Å²) in [6, 6.07) is 5.04. The third-order valence-electron chi connectivity index (χ3n) is 2.18. The van der Waals surface area contributed by atoms with E-state index in [0.717, 1.165) is 0 Å². The van der Waals surface area contributed by atoms with Crippen LogP contribution in [-0.2, 0) is 9.53 Å². The van der Waals surface area contributed by atoms with Crippen molar-refractivity contribution in [3.63, 3.8) is 0 Å². The second-order valence-corrected chi connectivity index (χ2v) is 4.91. The van der Waals surface area contributed by atoms with Gasteiger partial charge < -0.3 is 15.6 Å². The number of rotatable bonds is 3. The molecule has 0 heterocycles. The van der Waals surface area contributed by atoms with Crippen molar-refractivity contribution in [2.75, 3.05) is 0 Å². The summed E-state index contributed by atoms with van der Waals surface area (Å²) in [4.78, 5) is 22.8. The maximum absolute atomic E-state index is 11.9. The van der Waals surface area contributed by atoms with E-state index in [4.69, 9.17) is 15.6 Å². The molecule has 0 aromatic heterocycles. The van der Waals surface area contributed by atoms with E-state index < -0.39 is 23.6 Å². The van der Waals surface area contributed by atoms with E-state index in [1.165, 1.54) is 12.1 Å². The van der Waals surface area contributed by atoms with Crippen LogP contribution in [0.15, 0.2) is 24.3 Å². The first-order valence-corrected chi connectivity index (χ1v) is 5.53. The number of esters is 1. The second-order valence-electron chi connectivity index (χ2n) is 4.91. The summed E-state index contributed by atoms with van der Waals surface area (Å²) in [5, 5.41) is 8.90. The highest BCUT2D eigenvalue weighted by Crippen LogP contribution is 2.20. The fourth-order valence-corrected chi connectivity index (χ4v) is 1.42. The van der Waals surface area contributed by atoms with Crippen LogP contribution in [-0.4, -0.2) is 22.6 Å². The molecular weight excluding hydrogens is 234 g/mol. The molecule has 1 rings (SSSR count). The standard InChI is InChI=1S/C13H17NO4/c1-13(2,3)18-12(17)9-7-5-4-6-8(9)10(14)11(15)16/h4-7,10H,14H2,1-3H3,(H,15,16). The van der Waals surface area contributed by atoms with Gasteiger partial charge in [0.2, 0.25) is 0 Å². The number of carboxylic acids is 1.